The molecule has 0 unspecified atom stereocenters. The summed E-state index contributed by atoms with van der Waals surface area (Å²) in [6.07, 6.45) is 3.82. The number of hydrogen-bond donors (Lipinski definition) is 4. The summed E-state index contributed by atoms with van der Waals surface area (Å²) in [6.45, 7) is 4.99. The summed E-state index contributed by atoms with van der Waals surface area (Å²) in [7, 11) is 0. The summed E-state index contributed by atoms with van der Waals surface area (Å²) in [5, 5.41) is 26.2. The number of aliphatic hydroxyl groups is 1. The van der Waals surface area contributed by atoms with E-state index in [2.05, 4.69) is 15.6 Å². The average molecular weight is 453 g/mol. The molecule has 1 aromatic carbocycles. The molecule has 0 fully saturated rings. The van der Waals surface area contributed by atoms with E-state index < -0.39 is 11.0 Å². The highest BCUT2D eigenvalue weighted by Gasteiger charge is 2.17. The fraction of sp³-hybridized carbons (Fsp3) is 0.304. The van der Waals surface area contributed by atoms with Gasteiger partial charge in [0.2, 0.25) is 5.82 Å². The molecule has 3 aromatic rings. The number of nitrogen functional groups attached to an aromatic ring is 1. The van der Waals surface area contributed by atoms with Crippen LogP contribution in [0.5, 0.6) is 0 Å². The van der Waals surface area contributed by atoms with Gasteiger partial charge in [-0.25, -0.2) is 4.98 Å². The zero-order valence-corrected chi connectivity index (χ0v) is 18.6. The molecule has 0 saturated heterocycles. The number of amides is 1. The summed E-state index contributed by atoms with van der Waals surface area (Å²) in [5.74, 6) is 0.0871. The Morgan fingerprint density at radius 1 is 1.24 bits per heavy atom. The number of aryl methyl sites for hydroxylation is 2. The van der Waals surface area contributed by atoms with E-state index in [9.17, 15) is 20.0 Å². The number of carbonyl (C=O) groups is 1. The standard InChI is InChI=1S/C23H28N6O4/c1-15-4-6-17(7-5-15)18-13-28(14-19(18)23(31)26-12-16(2)30)11-3-10-25-21-9-8-20(29(32)33)22(24)27-21/h4-9,13-14,16,30H,3,10-12H2,1-2H3,(H,26,31)(H3,24,25,27)/t16-/m0/s1. The first-order valence-electron chi connectivity index (χ1n) is 10.6. The molecular formula is C23H28N6O4. The first kappa shape index (κ1) is 23.7. The topological polar surface area (TPSA) is 148 Å². The van der Waals surface area contributed by atoms with Crippen LogP contribution < -0.4 is 16.4 Å². The molecule has 0 bridgehead atoms. The summed E-state index contributed by atoms with van der Waals surface area (Å²) in [5.41, 5.74) is 8.82. The summed E-state index contributed by atoms with van der Waals surface area (Å²) < 4.78 is 1.95. The Balaban J connectivity index is 1.68. The molecule has 2 aromatic heterocycles. The zero-order valence-electron chi connectivity index (χ0n) is 18.6. The van der Waals surface area contributed by atoms with Crippen LogP contribution in [0.4, 0.5) is 17.3 Å². The summed E-state index contributed by atoms with van der Waals surface area (Å²) >= 11 is 0. The number of pyridine rings is 1. The first-order chi connectivity index (χ1) is 15.7. The Kier molecular flexibility index (Phi) is 7.62. The van der Waals surface area contributed by atoms with Gasteiger partial charge in [-0.15, -0.1) is 0 Å². The van der Waals surface area contributed by atoms with Crippen LogP contribution in [0.25, 0.3) is 11.1 Å². The van der Waals surface area contributed by atoms with Gasteiger partial charge in [-0.1, -0.05) is 29.8 Å². The van der Waals surface area contributed by atoms with Gasteiger partial charge in [0.1, 0.15) is 5.82 Å². The first-order valence-corrected chi connectivity index (χ1v) is 10.6. The van der Waals surface area contributed by atoms with Crippen LogP contribution in [0, 0.1) is 17.0 Å². The second kappa shape index (κ2) is 10.6. The number of hydrogen-bond acceptors (Lipinski definition) is 7. The Morgan fingerprint density at radius 3 is 2.61 bits per heavy atom. The molecule has 174 valence electrons. The molecule has 10 nitrogen and oxygen atoms in total. The van der Waals surface area contributed by atoms with E-state index in [4.69, 9.17) is 5.73 Å². The average Bonchev–Trinajstić information content (AvgIpc) is 3.19. The maximum absolute atomic E-state index is 12.7. The summed E-state index contributed by atoms with van der Waals surface area (Å²) in [4.78, 5) is 27.0. The Hall–Kier alpha value is -3.92. The Labute approximate surface area is 191 Å². The molecule has 0 aliphatic heterocycles. The van der Waals surface area contributed by atoms with Crippen LogP contribution in [-0.4, -0.2) is 44.7 Å². The molecule has 0 spiro atoms. The number of nitrogens with one attached hydrogen (secondary N) is 2. The normalized spacial score (nSPS) is 11.7. The number of anilines is 2. The van der Waals surface area contributed by atoms with Gasteiger partial charge >= 0.3 is 5.69 Å². The van der Waals surface area contributed by atoms with Gasteiger partial charge in [0.25, 0.3) is 5.91 Å². The third-order valence-electron chi connectivity index (χ3n) is 5.04. The monoisotopic (exact) mass is 452 g/mol. The lowest BCUT2D eigenvalue weighted by Gasteiger charge is -2.08. The molecule has 0 radical (unpaired) electrons. The van der Waals surface area contributed by atoms with Gasteiger partial charge < -0.3 is 26.0 Å². The SMILES string of the molecule is Cc1ccc(-c2cn(CCCNc3ccc([N+](=O)[O-])c(N)n3)cc2C(=O)NC[C@H](C)O)cc1. The highest BCUT2D eigenvalue weighted by Crippen LogP contribution is 2.26. The minimum Gasteiger partial charge on any atom is -0.392 e. The van der Waals surface area contributed by atoms with Crippen LogP contribution in [0.3, 0.4) is 0 Å². The van der Waals surface area contributed by atoms with Crippen molar-refractivity contribution < 1.29 is 14.8 Å². The van der Waals surface area contributed by atoms with Gasteiger partial charge in [-0.3, -0.25) is 14.9 Å². The molecule has 0 saturated carbocycles. The molecule has 3 rings (SSSR count). The van der Waals surface area contributed by atoms with Crippen LogP contribution in [0.2, 0.25) is 0 Å². The van der Waals surface area contributed by atoms with E-state index in [-0.39, 0.29) is 24.0 Å². The van der Waals surface area contributed by atoms with Crippen LogP contribution in [-0.2, 0) is 6.54 Å². The van der Waals surface area contributed by atoms with E-state index in [0.717, 1.165) is 23.1 Å². The molecule has 33 heavy (non-hydrogen) atoms. The van der Waals surface area contributed by atoms with Gasteiger partial charge in [-0.2, -0.15) is 0 Å². The van der Waals surface area contributed by atoms with E-state index in [1.807, 2.05) is 42.0 Å². The molecule has 1 amide bonds. The molecule has 10 heteroatoms. The van der Waals surface area contributed by atoms with Crippen molar-refractivity contribution in [3.05, 3.63) is 70.0 Å². The number of rotatable bonds is 10. The summed E-state index contributed by atoms with van der Waals surface area (Å²) in [6, 6.07) is 10.8. The fourth-order valence-electron chi connectivity index (χ4n) is 3.32. The number of carbonyl (C=O) groups excluding carboxylic acids is 1. The lowest BCUT2D eigenvalue weighted by Crippen LogP contribution is -2.30. The minimum absolute atomic E-state index is 0.133. The van der Waals surface area contributed by atoms with Gasteiger partial charge in [0.15, 0.2) is 0 Å². The molecule has 0 aliphatic carbocycles. The molecular weight excluding hydrogens is 424 g/mol. The van der Waals surface area contributed by atoms with E-state index in [1.165, 1.54) is 12.1 Å². The van der Waals surface area contributed by atoms with Crippen molar-refractivity contribution in [3.8, 4) is 11.1 Å². The van der Waals surface area contributed by atoms with Crippen molar-refractivity contribution in [2.45, 2.75) is 32.9 Å². The van der Waals surface area contributed by atoms with Crippen molar-refractivity contribution in [1.82, 2.24) is 14.9 Å². The predicted molar refractivity (Wildman–Crippen MR) is 127 cm³/mol. The fourth-order valence-corrected chi connectivity index (χ4v) is 3.32. The van der Waals surface area contributed by atoms with Crippen LogP contribution >= 0.6 is 0 Å². The van der Waals surface area contributed by atoms with Crippen molar-refractivity contribution in [3.63, 3.8) is 0 Å². The van der Waals surface area contributed by atoms with Crippen LogP contribution in [0.15, 0.2) is 48.8 Å². The van der Waals surface area contributed by atoms with Crippen molar-refractivity contribution in [1.29, 1.82) is 0 Å². The van der Waals surface area contributed by atoms with Crippen LogP contribution in [0.1, 0.15) is 29.3 Å². The zero-order chi connectivity index (χ0) is 24.0. The van der Waals surface area contributed by atoms with E-state index in [0.29, 0.717) is 24.5 Å². The van der Waals surface area contributed by atoms with Gasteiger partial charge in [0.05, 0.1) is 16.6 Å². The molecule has 5 N–H and O–H groups in total. The van der Waals surface area contributed by atoms with Crippen molar-refractivity contribution >= 4 is 23.2 Å². The number of benzene rings is 1. The minimum atomic E-state index is -0.632. The lowest BCUT2D eigenvalue weighted by atomic mass is 10.0. The number of nitro groups is 1. The predicted octanol–water partition coefficient (Wildman–Crippen LogP) is 2.96. The third kappa shape index (κ3) is 6.30. The number of aliphatic hydroxyl groups excluding tert-OH is 1. The van der Waals surface area contributed by atoms with E-state index in [1.54, 1.807) is 13.1 Å². The molecule has 0 aliphatic rings. The Bertz CT molecular complexity index is 1120. The van der Waals surface area contributed by atoms with E-state index >= 15 is 0 Å². The lowest BCUT2D eigenvalue weighted by molar-refractivity contribution is -0.384. The second-order valence-electron chi connectivity index (χ2n) is 7.89. The van der Waals surface area contributed by atoms with Crippen molar-refractivity contribution in [2.24, 2.45) is 0 Å². The van der Waals surface area contributed by atoms with Crippen molar-refractivity contribution in [2.75, 3.05) is 24.1 Å². The highest BCUT2D eigenvalue weighted by molar-refractivity contribution is 6.00. The molecule has 1 atom stereocenters. The molecule has 2 heterocycles. The number of aromatic nitrogens is 2. The maximum atomic E-state index is 12.7. The number of nitrogens with two attached hydrogens (primary N) is 1. The van der Waals surface area contributed by atoms with Gasteiger partial charge in [-0.05, 0) is 31.9 Å². The van der Waals surface area contributed by atoms with Gasteiger partial charge in [0, 0.05) is 43.7 Å². The highest BCUT2D eigenvalue weighted by atomic mass is 16.6. The Morgan fingerprint density at radius 2 is 1.97 bits per heavy atom. The smallest absolute Gasteiger partial charge is 0.311 e. The third-order valence-corrected chi connectivity index (χ3v) is 5.04. The second-order valence-corrected chi connectivity index (χ2v) is 7.89. The largest absolute Gasteiger partial charge is 0.392 e. The number of nitrogens with zero attached hydrogens (tertiary/aromatic N) is 3. The maximum Gasteiger partial charge on any atom is 0.311 e. The quantitative estimate of drug-likeness (QED) is 0.210.